The third kappa shape index (κ3) is 5.36. The molecule has 1 saturated carbocycles. The van der Waals surface area contributed by atoms with Crippen LogP contribution in [-0.4, -0.2) is 30.0 Å². The standard InChI is InChI=1S/C23H28N4O3/c28-23(19-8-11-21(25-20-9-10-20)22(14-19)27(29)30)24-15-17-4-6-18(7-5-17)16-26-12-2-1-3-13-26/h4-8,11,14,20,25H,1-3,9-10,12-13,15-16H2,(H,24,28)/p+1. The van der Waals surface area contributed by atoms with Gasteiger partial charge in [0, 0.05) is 29.8 Å². The van der Waals surface area contributed by atoms with Crippen LogP contribution in [0.15, 0.2) is 42.5 Å². The highest BCUT2D eigenvalue weighted by Gasteiger charge is 2.25. The predicted molar refractivity (Wildman–Crippen MR) is 116 cm³/mol. The van der Waals surface area contributed by atoms with E-state index in [0.717, 1.165) is 24.9 Å². The molecule has 7 heteroatoms. The highest BCUT2D eigenvalue weighted by Crippen LogP contribution is 2.31. The number of nitro benzene ring substituents is 1. The fourth-order valence-electron chi connectivity index (χ4n) is 3.97. The molecule has 2 fully saturated rings. The van der Waals surface area contributed by atoms with E-state index in [0.29, 0.717) is 23.8 Å². The number of hydrogen-bond donors (Lipinski definition) is 3. The van der Waals surface area contributed by atoms with E-state index in [2.05, 4.69) is 22.8 Å². The molecule has 4 rings (SSSR count). The van der Waals surface area contributed by atoms with Crippen LogP contribution in [0.1, 0.15) is 53.6 Å². The lowest BCUT2D eigenvalue weighted by molar-refractivity contribution is -0.918. The van der Waals surface area contributed by atoms with Gasteiger partial charge in [-0.3, -0.25) is 14.9 Å². The number of rotatable bonds is 8. The molecule has 0 bridgehead atoms. The maximum Gasteiger partial charge on any atom is 0.293 e. The summed E-state index contributed by atoms with van der Waals surface area (Å²) in [5, 5.41) is 17.4. The van der Waals surface area contributed by atoms with Gasteiger partial charge in [-0.25, -0.2) is 0 Å². The van der Waals surface area contributed by atoms with Gasteiger partial charge in [-0.05, 0) is 49.8 Å². The molecule has 0 aromatic heterocycles. The van der Waals surface area contributed by atoms with Crippen LogP contribution in [0.25, 0.3) is 0 Å². The lowest BCUT2D eigenvalue weighted by Crippen LogP contribution is -3.11. The summed E-state index contributed by atoms with van der Waals surface area (Å²) in [5.74, 6) is -0.307. The van der Waals surface area contributed by atoms with Gasteiger partial charge >= 0.3 is 0 Å². The zero-order chi connectivity index (χ0) is 20.9. The number of carbonyl (C=O) groups excluding carboxylic acids is 1. The van der Waals surface area contributed by atoms with E-state index in [1.54, 1.807) is 17.0 Å². The summed E-state index contributed by atoms with van der Waals surface area (Å²) >= 11 is 0. The van der Waals surface area contributed by atoms with Crippen molar-refractivity contribution in [1.82, 2.24) is 5.32 Å². The number of benzene rings is 2. The van der Waals surface area contributed by atoms with Crippen LogP contribution in [0.2, 0.25) is 0 Å². The number of piperidine rings is 1. The van der Waals surface area contributed by atoms with Gasteiger partial charge in [-0.2, -0.15) is 0 Å². The van der Waals surface area contributed by atoms with Gasteiger partial charge in [0.1, 0.15) is 12.2 Å². The van der Waals surface area contributed by atoms with Crippen LogP contribution < -0.4 is 15.5 Å². The summed E-state index contributed by atoms with van der Waals surface area (Å²) in [7, 11) is 0. The van der Waals surface area contributed by atoms with E-state index in [4.69, 9.17) is 0 Å². The highest BCUT2D eigenvalue weighted by molar-refractivity contribution is 5.95. The molecule has 2 aromatic rings. The van der Waals surface area contributed by atoms with Crippen molar-refractivity contribution in [3.05, 3.63) is 69.3 Å². The zero-order valence-electron chi connectivity index (χ0n) is 17.2. The lowest BCUT2D eigenvalue weighted by atomic mass is 10.1. The van der Waals surface area contributed by atoms with Crippen LogP contribution >= 0.6 is 0 Å². The Kier molecular flexibility index (Phi) is 6.28. The number of nitrogens with zero attached hydrogens (tertiary/aromatic N) is 1. The zero-order valence-corrected chi connectivity index (χ0v) is 17.2. The van der Waals surface area contributed by atoms with Crippen LogP contribution in [0.3, 0.4) is 0 Å². The molecule has 1 aliphatic carbocycles. The Hall–Kier alpha value is -2.93. The van der Waals surface area contributed by atoms with Crippen LogP contribution in [-0.2, 0) is 13.1 Å². The summed E-state index contributed by atoms with van der Waals surface area (Å²) in [6.45, 7) is 3.95. The topological polar surface area (TPSA) is 88.7 Å². The molecular weight excluding hydrogens is 380 g/mol. The van der Waals surface area contributed by atoms with Crippen molar-refractivity contribution in [1.29, 1.82) is 0 Å². The minimum atomic E-state index is -0.440. The third-order valence-electron chi connectivity index (χ3n) is 5.88. The minimum Gasteiger partial charge on any atom is -0.377 e. The molecular formula is C23H29N4O3+. The number of quaternary nitrogens is 1. The predicted octanol–water partition coefficient (Wildman–Crippen LogP) is 2.67. The Bertz CT molecular complexity index is 903. The largest absolute Gasteiger partial charge is 0.377 e. The van der Waals surface area contributed by atoms with E-state index in [1.165, 1.54) is 44.0 Å². The second kappa shape index (κ2) is 9.26. The quantitative estimate of drug-likeness (QED) is 0.462. The highest BCUT2D eigenvalue weighted by atomic mass is 16.6. The average Bonchev–Trinajstić information content (AvgIpc) is 3.58. The Morgan fingerprint density at radius 1 is 1.03 bits per heavy atom. The molecule has 0 atom stereocenters. The molecule has 1 saturated heterocycles. The summed E-state index contributed by atoms with van der Waals surface area (Å²) in [5.41, 5.74) is 3.05. The van der Waals surface area contributed by atoms with Crippen molar-refractivity contribution < 1.29 is 14.6 Å². The Balaban J connectivity index is 1.33. The molecule has 1 aliphatic heterocycles. The van der Waals surface area contributed by atoms with Gasteiger partial charge in [0.25, 0.3) is 11.6 Å². The normalized spacial score (nSPS) is 16.8. The van der Waals surface area contributed by atoms with Gasteiger partial charge in [0.15, 0.2) is 0 Å². The summed E-state index contributed by atoms with van der Waals surface area (Å²) < 4.78 is 0. The van der Waals surface area contributed by atoms with E-state index in [9.17, 15) is 14.9 Å². The lowest BCUT2D eigenvalue weighted by Gasteiger charge is -2.23. The number of nitro groups is 1. The SMILES string of the molecule is O=C(NCc1ccc(C[NH+]2CCCCC2)cc1)c1ccc(NC2CC2)c([N+](=O)[O-])c1. The van der Waals surface area contributed by atoms with Gasteiger partial charge in [0.05, 0.1) is 18.0 Å². The molecule has 30 heavy (non-hydrogen) atoms. The van der Waals surface area contributed by atoms with E-state index >= 15 is 0 Å². The first-order chi connectivity index (χ1) is 14.6. The van der Waals surface area contributed by atoms with Crippen molar-refractivity contribution in [2.45, 2.75) is 51.2 Å². The number of hydrogen-bond acceptors (Lipinski definition) is 4. The maximum atomic E-state index is 12.5. The van der Waals surface area contributed by atoms with Crippen molar-refractivity contribution in [2.24, 2.45) is 0 Å². The number of amides is 1. The second-order valence-corrected chi connectivity index (χ2v) is 8.39. The number of likely N-dealkylation sites (tertiary alicyclic amines) is 1. The van der Waals surface area contributed by atoms with Gasteiger partial charge in [-0.15, -0.1) is 0 Å². The van der Waals surface area contributed by atoms with Crippen LogP contribution in [0, 0.1) is 10.1 Å². The Labute approximate surface area is 176 Å². The minimum absolute atomic E-state index is 0.0564. The van der Waals surface area contributed by atoms with Crippen LogP contribution in [0.4, 0.5) is 11.4 Å². The van der Waals surface area contributed by atoms with E-state index in [1.807, 2.05) is 12.1 Å². The Morgan fingerprint density at radius 3 is 2.40 bits per heavy atom. The molecule has 0 spiro atoms. The smallest absolute Gasteiger partial charge is 0.293 e. The molecule has 1 amide bonds. The van der Waals surface area contributed by atoms with Crippen LogP contribution in [0.5, 0.6) is 0 Å². The third-order valence-corrected chi connectivity index (χ3v) is 5.88. The molecule has 158 valence electrons. The van der Waals surface area contributed by atoms with Crippen molar-refractivity contribution in [3.63, 3.8) is 0 Å². The first-order valence-corrected chi connectivity index (χ1v) is 10.8. The van der Waals surface area contributed by atoms with Gasteiger partial charge in [-0.1, -0.05) is 24.3 Å². The van der Waals surface area contributed by atoms with Gasteiger partial charge < -0.3 is 15.5 Å². The molecule has 3 N–H and O–H groups in total. The summed E-state index contributed by atoms with van der Waals surface area (Å²) in [6.07, 6.45) is 6.03. The number of carbonyl (C=O) groups is 1. The van der Waals surface area contributed by atoms with E-state index in [-0.39, 0.29) is 11.6 Å². The summed E-state index contributed by atoms with van der Waals surface area (Å²) in [6, 6.07) is 13.3. The fraction of sp³-hybridized carbons (Fsp3) is 0.435. The molecule has 0 radical (unpaired) electrons. The van der Waals surface area contributed by atoms with Gasteiger partial charge in [0.2, 0.25) is 0 Å². The second-order valence-electron chi connectivity index (χ2n) is 8.39. The number of anilines is 1. The van der Waals surface area contributed by atoms with Crippen molar-refractivity contribution in [2.75, 3.05) is 18.4 Å². The van der Waals surface area contributed by atoms with Crippen molar-refractivity contribution in [3.8, 4) is 0 Å². The first-order valence-electron chi connectivity index (χ1n) is 10.8. The maximum absolute atomic E-state index is 12.5. The Morgan fingerprint density at radius 2 is 1.73 bits per heavy atom. The fourth-order valence-corrected chi connectivity index (χ4v) is 3.97. The van der Waals surface area contributed by atoms with Crippen molar-refractivity contribution >= 4 is 17.3 Å². The monoisotopic (exact) mass is 409 g/mol. The average molecular weight is 410 g/mol. The molecule has 2 aromatic carbocycles. The van der Waals surface area contributed by atoms with E-state index < -0.39 is 4.92 Å². The summed E-state index contributed by atoms with van der Waals surface area (Å²) in [4.78, 5) is 25.1. The molecule has 2 aliphatic rings. The number of nitrogens with one attached hydrogen (secondary N) is 3. The molecule has 7 nitrogen and oxygen atoms in total. The molecule has 0 unspecified atom stereocenters. The first kappa shape index (κ1) is 20.3. The molecule has 1 heterocycles.